The summed E-state index contributed by atoms with van der Waals surface area (Å²) in [6.45, 7) is 12.9. The molecule has 0 aromatic carbocycles. The summed E-state index contributed by atoms with van der Waals surface area (Å²) < 4.78 is 0. The maximum absolute atomic E-state index is 11.2. The van der Waals surface area contributed by atoms with Gasteiger partial charge < -0.3 is 16.4 Å². The Morgan fingerprint density at radius 3 is 2.06 bits per heavy atom. The number of guanidine groups is 1. The Labute approximate surface area is 127 Å². The van der Waals surface area contributed by atoms with E-state index in [1.165, 1.54) is 0 Å². The highest BCUT2D eigenvalue weighted by Gasteiger charge is 2.24. The second kappa shape index (κ2) is 7.81. The molecule has 0 spiro atoms. The van der Waals surface area contributed by atoms with Crippen LogP contribution < -0.4 is 16.4 Å². The van der Waals surface area contributed by atoms with Crippen molar-refractivity contribution in [1.29, 1.82) is 0 Å². The van der Waals surface area contributed by atoms with Gasteiger partial charge in [0.15, 0.2) is 5.96 Å². The predicted octanol–water partition coefficient (Wildman–Crippen LogP) is 1.47. The van der Waals surface area contributed by atoms with Crippen LogP contribution in [0.25, 0.3) is 0 Å². The van der Waals surface area contributed by atoms with Crippen molar-refractivity contribution < 1.29 is 4.79 Å². The van der Waals surface area contributed by atoms with E-state index in [4.69, 9.17) is 5.73 Å². The summed E-state index contributed by atoms with van der Waals surface area (Å²) in [5.74, 6) is 0.363. The lowest BCUT2D eigenvalue weighted by Crippen LogP contribution is -2.48. The minimum Gasteiger partial charge on any atom is -0.369 e. The molecule has 0 unspecified atom stereocenters. The van der Waals surface area contributed by atoms with Gasteiger partial charge in [0.1, 0.15) is 0 Å². The van der Waals surface area contributed by atoms with Crippen molar-refractivity contribution in [2.75, 3.05) is 13.1 Å². The maximum Gasteiger partial charge on any atom is 0.224 e. The molecule has 0 aliphatic heterocycles. The molecule has 0 aromatic rings. The lowest BCUT2D eigenvalue weighted by molar-refractivity contribution is -0.125. The summed E-state index contributed by atoms with van der Waals surface area (Å²) in [6.07, 6.45) is 0. The normalized spacial score (nSPS) is 12.7. The van der Waals surface area contributed by atoms with Gasteiger partial charge in [0.25, 0.3) is 0 Å². The molecule has 0 rings (SSSR count). The quantitative estimate of drug-likeness (QED) is 0.398. The maximum atomic E-state index is 11.2. The molecule has 0 saturated heterocycles. The topological polar surface area (TPSA) is 79.5 Å². The third-order valence-corrected chi connectivity index (χ3v) is 2.14. The number of hydrogen-bond donors (Lipinski definition) is 3. The largest absolute Gasteiger partial charge is 0.369 e. The first-order valence-corrected chi connectivity index (χ1v) is 5.95. The fraction of sp³-hybridized carbons (Fsp3) is 0.833. The molecule has 0 fully saturated rings. The van der Waals surface area contributed by atoms with Crippen molar-refractivity contribution in [2.45, 2.75) is 47.1 Å². The summed E-state index contributed by atoms with van der Waals surface area (Å²) in [5, 5.41) is 6.39. The van der Waals surface area contributed by atoms with E-state index in [1.54, 1.807) is 13.8 Å². The van der Waals surface area contributed by atoms with E-state index in [2.05, 4.69) is 36.4 Å². The molecule has 0 aliphatic carbocycles. The molecular formula is C12H27IN4O. The number of nitrogens with zero attached hydrogens (tertiary/aromatic N) is 1. The molecule has 4 N–H and O–H groups in total. The van der Waals surface area contributed by atoms with Crippen molar-refractivity contribution in [3.8, 4) is 0 Å². The summed E-state index contributed by atoms with van der Waals surface area (Å²) in [5.41, 5.74) is 4.61. The number of aliphatic imine (C=N–C) groups is 1. The first-order valence-electron chi connectivity index (χ1n) is 5.95. The number of nitrogens with one attached hydrogen (secondary N) is 2. The van der Waals surface area contributed by atoms with Gasteiger partial charge in [0, 0.05) is 12.1 Å². The van der Waals surface area contributed by atoms with Crippen molar-refractivity contribution in [3.05, 3.63) is 0 Å². The monoisotopic (exact) mass is 370 g/mol. The van der Waals surface area contributed by atoms with E-state index < -0.39 is 5.41 Å². The summed E-state index contributed by atoms with van der Waals surface area (Å²) >= 11 is 0. The van der Waals surface area contributed by atoms with Gasteiger partial charge in [-0.15, -0.1) is 24.0 Å². The summed E-state index contributed by atoms with van der Waals surface area (Å²) in [4.78, 5) is 15.6. The lowest BCUT2D eigenvalue weighted by atomic mass is 9.93. The molecular weight excluding hydrogens is 343 g/mol. The molecule has 0 bridgehead atoms. The van der Waals surface area contributed by atoms with Crippen molar-refractivity contribution in [3.63, 3.8) is 0 Å². The minimum absolute atomic E-state index is 0. The highest BCUT2D eigenvalue weighted by Crippen LogP contribution is 2.14. The SMILES string of the molecule is CCNC(=NCC(C)(C)C(N)=O)NC(C)(C)C.I. The Kier molecular flexibility index (Phi) is 8.59. The van der Waals surface area contributed by atoms with Crippen LogP contribution in [0.4, 0.5) is 0 Å². The van der Waals surface area contributed by atoms with Crippen LogP contribution in [0.2, 0.25) is 0 Å². The zero-order valence-electron chi connectivity index (χ0n) is 12.3. The average Bonchev–Trinajstić information content (AvgIpc) is 2.12. The lowest BCUT2D eigenvalue weighted by Gasteiger charge is -2.25. The number of rotatable bonds is 4. The Morgan fingerprint density at radius 2 is 1.72 bits per heavy atom. The number of primary amides is 1. The van der Waals surface area contributed by atoms with Gasteiger partial charge in [-0.1, -0.05) is 0 Å². The Morgan fingerprint density at radius 1 is 1.22 bits per heavy atom. The Balaban J connectivity index is 0. The second-order valence-corrected chi connectivity index (χ2v) is 5.82. The second-order valence-electron chi connectivity index (χ2n) is 5.82. The highest BCUT2D eigenvalue weighted by molar-refractivity contribution is 14.0. The summed E-state index contributed by atoms with van der Waals surface area (Å²) in [7, 11) is 0. The van der Waals surface area contributed by atoms with Crippen LogP contribution >= 0.6 is 24.0 Å². The predicted molar refractivity (Wildman–Crippen MR) is 87.3 cm³/mol. The van der Waals surface area contributed by atoms with Crippen LogP contribution in [0.15, 0.2) is 4.99 Å². The first-order chi connectivity index (χ1) is 7.58. The van der Waals surface area contributed by atoms with Gasteiger partial charge in [-0.2, -0.15) is 0 Å². The molecule has 18 heavy (non-hydrogen) atoms. The van der Waals surface area contributed by atoms with Gasteiger partial charge in [-0.3, -0.25) is 9.79 Å². The van der Waals surface area contributed by atoms with Gasteiger partial charge in [0.2, 0.25) is 5.91 Å². The standard InChI is InChI=1S/C12H26N4O.HI/c1-7-14-10(16-11(2,3)4)15-8-12(5,6)9(13)17;/h7-8H2,1-6H3,(H2,13,17)(H2,14,15,16);1H. The zero-order valence-corrected chi connectivity index (χ0v) is 14.6. The molecule has 5 nitrogen and oxygen atoms in total. The van der Waals surface area contributed by atoms with Gasteiger partial charge >= 0.3 is 0 Å². The van der Waals surface area contributed by atoms with E-state index in [0.29, 0.717) is 12.5 Å². The number of carbonyl (C=O) groups excluding carboxylic acids is 1. The molecule has 0 heterocycles. The summed E-state index contributed by atoms with van der Waals surface area (Å²) in [6, 6.07) is 0. The van der Waals surface area contributed by atoms with E-state index in [0.717, 1.165) is 6.54 Å². The van der Waals surface area contributed by atoms with Crippen LogP contribution in [-0.2, 0) is 4.79 Å². The van der Waals surface area contributed by atoms with Crippen LogP contribution in [0.1, 0.15) is 41.5 Å². The fourth-order valence-electron chi connectivity index (χ4n) is 1.02. The molecule has 0 aromatic heterocycles. The van der Waals surface area contributed by atoms with Crippen LogP contribution in [0, 0.1) is 5.41 Å². The van der Waals surface area contributed by atoms with E-state index in [-0.39, 0.29) is 35.4 Å². The molecule has 1 amide bonds. The van der Waals surface area contributed by atoms with Crippen LogP contribution in [0.3, 0.4) is 0 Å². The molecule has 0 aliphatic rings. The van der Waals surface area contributed by atoms with E-state index >= 15 is 0 Å². The molecule has 0 atom stereocenters. The van der Waals surface area contributed by atoms with E-state index in [1.807, 2.05) is 6.92 Å². The smallest absolute Gasteiger partial charge is 0.224 e. The van der Waals surface area contributed by atoms with Crippen molar-refractivity contribution in [1.82, 2.24) is 10.6 Å². The average molecular weight is 370 g/mol. The number of amides is 1. The number of carbonyl (C=O) groups is 1. The fourth-order valence-corrected chi connectivity index (χ4v) is 1.02. The molecule has 6 heteroatoms. The first kappa shape index (κ1) is 19.8. The third-order valence-electron chi connectivity index (χ3n) is 2.14. The van der Waals surface area contributed by atoms with Gasteiger partial charge in [0.05, 0.1) is 12.0 Å². The Bertz CT molecular complexity index is 295. The van der Waals surface area contributed by atoms with Crippen molar-refractivity contribution in [2.24, 2.45) is 16.1 Å². The van der Waals surface area contributed by atoms with E-state index in [9.17, 15) is 4.79 Å². The van der Waals surface area contributed by atoms with Gasteiger partial charge in [-0.05, 0) is 41.5 Å². The number of nitrogens with two attached hydrogens (primary N) is 1. The molecule has 0 radical (unpaired) electrons. The number of halogens is 1. The van der Waals surface area contributed by atoms with Crippen LogP contribution in [-0.4, -0.2) is 30.5 Å². The molecule has 108 valence electrons. The van der Waals surface area contributed by atoms with Gasteiger partial charge in [-0.25, -0.2) is 0 Å². The minimum atomic E-state index is -0.625. The zero-order chi connectivity index (χ0) is 13.7. The Hall–Kier alpha value is -0.530. The van der Waals surface area contributed by atoms with Crippen LogP contribution in [0.5, 0.6) is 0 Å². The third kappa shape index (κ3) is 8.54. The number of hydrogen-bond acceptors (Lipinski definition) is 2. The highest BCUT2D eigenvalue weighted by atomic mass is 127. The molecule has 0 saturated carbocycles. The van der Waals surface area contributed by atoms with Crippen molar-refractivity contribution >= 4 is 35.8 Å².